The predicted molar refractivity (Wildman–Crippen MR) is 79.9 cm³/mol. The monoisotopic (exact) mass is 284 g/mol. The van der Waals surface area contributed by atoms with E-state index in [1.807, 2.05) is 37.3 Å². The molecule has 1 aromatic carbocycles. The molecule has 1 aromatic heterocycles. The second-order valence-corrected chi connectivity index (χ2v) is 4.60. The van der Waals surface area contributed by atoms with Crippen molar-refractivity contribution in [2.24, 2.45) is 0 Å². The van der Waals surface area contributed by atoms with Crippen molar-refractivity contribution in [3.05, 3.63) is 53.3 Å². The average molecular weight is 284 g/mol. The number of hydrogen-bond acceptors (Lipinski definition) is 4. The molecule has 2 rings (SSSR count). The van der Waals surface area contributed by atoms with Gasteiger partial charge in [0, 0.05) is 6.20 Å². The highest BCUT2D eigenvalue weighted by Gasteiger charge is 2.11. The molecule has 0 radical (unpaired) electrons. The minimum Gasteiger partial charge on any atom is -0.479 e. The Morgan fingerprint density at radius 2 is 1.95 bits per heavy atom. The van der Waals surface area contributed by atoms with Gasteiger partial charge in [-0.25, -0.2) is 4.79 Å². The molecule has 21 heavy (non-hydrogen) atoms. The first-order valence-electron chi connectivity index (χ1n) is 6.52. The van der Waals surface area contributed by atoms with Crippen molar-refractivity contribution in [3.63, 3.8) is 0 Å². The Morgan fingerprint density at radius 1 is 1.24 bits per heavy atom. The van der Waals surface area contributed by atoms with E-state index in [2.05, 4.69) is 10.2 Å². The molecule has 5 heteroatoms. The molecule has 0 fully saturated rings. The number of hydrogen-bond donors (Lipinski definition) is 1. The third-order valence-corrected chi connectivity index (χ3v) is 2.94. The lowest BCUT2D eigenvalue weighted by Gasteiger charge is -2.10. The Labute approximate surface area is 122 Å². The molecule has 5 nitrogen and oxygen atoms in total. The molecule has 2 aromatic rings. The zero-order valence-corrected chi connectivity index (χ0v) is 11.9. The number of carboxylic acids is 1. The van der Waals surface area contributed by atoms with E-state index in [-0.39, 0.29) is 0 Å². The Balaban J connectivity index is 2.06. The van der Waals surface area contributed by atoms with Crippen molar-refractivity contribution in [3.8, 4) is 5.75 Å². The van der Waals surface area contributed by atoms with Crippen LogP contribution in [0.15, 0.2) is 36.5 Å². The Kier molecular flexibility index (Phi) is 4.66. The van der Waals surface area contributed by atoms with Gasteiger partial charge in [-0.05, 0) is 49.2 Å². The van der Waals surface area contributed by atoms with Crippen molar-refractivity contribution in [2.45, 2.75) is 20.0 Å². The molecule has 1 unspecified atom stereocenters. The third kappa shape index (κ3) is 4.14. The maximum absolute atomic E-state index is 10.7. The van der Waals surface area contributed by atoms with E-state index in [4.69, 9.17) is 9.84 Å². The first-order valence-corrected chi connectivity index (χ1v) is 6.52. The summed E-state index contributed by atoms with van der Waals surface area (Å²) >= 11 is 0. The van der Waals surface area contributed by atoms with Crippen LogP contribution in [0.5, 0.6) is 5.75 Å². The highest BCUT2D eigenvalue weighted by molar-refractivity contribution is 5.72. The SMILES string of the molecule is Cc1ccnnc1/C=C/c1ccc(OC(C)C(=O)O)cc1. The second kappa shape index (κ2) is 6.65. The molecule has 1 heterocycles. The van der Waals surface area contributed by atoms with Crippen LogP contribution >= 0.6 is 0 Å². The van der Waals surface area contributed by atoms with Crippen LogP contribution in [0, 0.1) is 6.92 Å². The lowest BCUT2D eigenvalue weighted by molar-refractivity contribution is -0.144. The van der Waals surface area contributed by atoms with Gasteiger partial charge in [0.15, 0.2) is 6.10 Å². The quantitative estimate of drug-likeness (QED) is 0.914. The number of aryl methyl sites for hydroxylation is 1. The van der Waals surface area contributed by atoms with Gasteiger partial charge >= 0.3 is 5.97 Å². The van der Waals surface area contributed by atoms with Crippen molar-refractivity contribution in [1.29, 1.82) is 0 Å². The summed E-state index contributed by atoms with van der Waals surface area (Å²) in [6, 6.07) is 9.08. The zero-order chi connectivity index (χ0) is 15.2. The number of nitrogens with zero attached hydrogens (tertiary/aromatic N) is 2. The van der Waals surface area contributed by atoms with E-state index in [0.29, 0.717) is 5.75 Å². The van der Waals surface area contributed by atoms with Gasteiger partial charge in [0.05, 0.1) is 5.69 Å². The van der Waals surface area contributed by atoms with Crippen molar-refractivity contribution >= 4 is 18.1 Å². The number of carbonyl (C=O) groups is 1. The first-order chi connectivity index (χ1) is 10.1. The highest BCUT2D eigenvalue weighted by atomic mass is 16.5. The number of carboxylic acid groups (broad SMARTS) is 1. The molecule has 0 aliphatic heterocycles. The van der Waals surface area contributed by atoms with Crippen LogP contribution in [0.25, 0.3) is 12.2 Å². The van der Waals surface area contributed by atoms with E-state index in [0.717, 1.165) is 16.8 Å². The van der Waals surface area contributed by atoms with E-state index in [1.54, 1.807) is 18.3 Å². The minimum absolute atomic E-state index is 0.526. The second-order valence-electron chi connectivity index (χ2n) is 4.60. The van der Waals surface area contributed by atoms with Gasteiger partial charge in [-0.2, -0.15) is 10.2 Å². The highest BCUT2D eigenvalue weighted by Crippen LogP contribution is 2.16. The number of aliphatic carboxylic acids is 1. The lowest BCUT2D eigenvalue weighted by atomic mass is 10.1. The molecule has 1 N–H and O–H groups in total. The number of ether oxygens (including phenoxy) is 1. The van der Waals surface area contributed by atoms with Crippen LogP contribution < -0.4 is 4.74 Å². The maximum Gasteiger partial charge on any atom is 0.344 e. The fourth-order valence-electron chi connectivity index (χ4n) is 1.66. The number of rotatable bonds is 5. The molecular formula is C16H16N2O3. The summed E-state index contributed by atoms with van der Waals surface area (Å²) in [6.07, 6.45) is 4.59. The molecule has 0 aliphatic rings. The van der Waals surface area contributed by atoms with Crippen molar-refractivity contribution in [1.82, 2.24) is 10.2 Å². The van der Waals surface area contributed by atoms with E-state index in [9.17, 15) is 4.79 Å². The zero-order valence-electron chi connectivity index (χ0n) is 11.9. The predicted octanol–water partition coefficient (Wildman–Crippen LogP) is 2.81. The van der Waals surface area contributed by atoms with E-state index < -0.39 is 12.1 Å². The van der Waals surface area contributed by atoms with Crippen LogP contribution in [-0.4, -0.2) is 27.4 Å². The summed E-state index contributed by atoms with van der Waals surface area (Å²) in [5.41, 5.74) is 2.84. The van der Waals surface area contributed by atoms with Gasteiger partial charge in [0.2, 0.25) is 0 Å². The third-order valence-electron chi connectivity index (χ3n) is 2.94. The molecule has 1 atom stereocenters. The van der Waals surface area contributed by atoms with E-state index in [1.165, 1.54) is 6.92 Å². The fourth-order valence-corrected chi connectivity index (χ4v) is 1.66. The van der Waals surface area contributed by atoms with Gasteiger partial charge in [-0.3, -0.25) is 0 Å². The Morgan fingerprint density at radius 3 is 2.57 bits per heavy atom. The largest absolute Gasteiger partial charge is 0.479 e. The molecule has 108 valence electrons. The smallest absolute Gasteiger partial charge is 0.344 e. The van der Waals surface area contributed by atoms with Gasteiger partial charge in [0.1, 0.15) is 5.75 Å². The summed E-state index contributed by atoms with van der Waals surface area (Å²) in [4.78, 5) is 10.7. The van der Waals surface area contributed by atoms with Crippen LogP contribution in [0.1, 0.15) is 23.7 Å². The number of aromatic nitrogens is 2. The Bertz CT molecular complexity index is 651. The summed E-state index contributed by atoms with van der Waals surface area (Å²) in [6.45, 7) is 3.46. The summed E-state index contributed by atoms with van der Waals surface area (Å²) in [5.74, 6) is -0.463. The summed E-state index contributed by atoms with van der Waals surface area (Å²) < 4.78 is 5.27. The van der Waals surface area contributed by atoms with Crippen molar-refractivity contribution < 1.29 is 14.6 Å². The van der Waals surface area contributed by atoms with Crippen molar-refractivity contribution in [2.75, 3.05) is 0 Å². The van der Waals surface area contributed by atoms with E-state index >= 15 is 0 Å². The minimum atomic E-state index is -0.989. The van der Waals surface area contributed by atoms with Crippen LogP contribution in [-0.2, 0) is 4.79 Å². The molecule has 0 saturated heterocycles. The average Bonchev–Trinajstić information content (AvgIpc) is 2.48. The summed E-state index contributed by atoms with van der Waals surface area (Å²) in [5, 5.41) is 16.7. The topological polar surface area (TPSA) is 72.3 Å². The maximum atomic E-state index is 10.7. The van der Waals surface area contributed by atoms with Crippen LogP contribution in [0.4, 0.5) is 0 Å². The normalized spacial score (nSPS) is 12.3. The van der Waals surface area contributed by atoms with Gasteiger partial charge in [-0.15, -0.1) is 0 Å². The lowest BCUT2D eigenvalue weighted by Crippen LogP contribution is -2.22. The fraction of sp³-hybridized carbons (Fsp3) is 0.188. The standard InChI is InChI=1S/C16H16N2O3/c1-11-9-10-17-18-15(11)8-5-13-3-6-14(7-4-13)21-12(2)16(19)20/h3-10,12H,1-2H3,(H,19,20)/b8-5+. The van der Waals surface area contributed by atoms with Gasteiger partial charge < -0.3 is 9.84 Å². The molecular weight excluding hydrogens is 268 g/mol. The number of benzene rings is 1. The summed E-state index contributed by atoms with van der Waals surface area (Å²) in [7, 11) is 0. The first kappa shape index (κ1) is 14.7. The molecule has 0 spiro atoms. The van der Waals surface area contributed by atoms with Crippen LogP contribution in [0.2, 0.25) is 0 Å². The Hall–Kier alpha value is -2.69. The molecule has 0 amide bonds. The molecule has 0 saturated carbocycles. The van der Waals surface area contributed by atoms with Crippen LogP contribution in [0.3, 0.4) is 0 Å². The van der Waals surface area contributed by atoms with Gasteiger partial charge in [-0.1, -0.05) is 18.2 Å². The van der Waals surface area contributed by atoms with Gasteiger partial charge in [0.25, 0.3) is 0 Å². The molecule has 0 bridgehead atoms. The molecule has 0 aliphatic carbocycles.